The third kappa shape index (κ3) is 4.79. The monoisotopic (exact) mass is 474 g/mol. The molecule has 2 fully saturated rings. The van der Waals surface area contributed by atoms with Crippen molar-refractivity contribution < 1.29 is 13.3 Å². The van der Waals surface area contributed by atoms with Crippen molar-refractivity contribution in [2.24, 2.45) is 0 Å². The number of aromatic nitrogens is 2. The van der Waals surface area contributed by atoms with Crippen molar-refractivity contribution in [1.29, 1.82) is 0 Å². The fourth-order valence-electron chi connectivity index (χ4n) is 4.33. The number of anilines is 2. The Morgan fingerprint density at radius 3 is 2.21 bits per heavy atom. The summed E-state index contributed by atoms with van der Waals surface area (Å²) in [7, 11) is -3.71. The average molecular weight is 475 g/mol. The highest BCUT2D eigenvalue weighted by Crippen LogP contribution is 2.33. The van der Waals surface area contributed by atoms with Gasteiger partial charge in [0, 0.05) is 63.0 Å². The number of sulfonamides is 1. The Balaban J connectivity index is 1.54. The van der Waals surface area contributed by atoms with Gasteiger partial charge in [-0.15, -0.1) is 0 Å². The van der Waals surface area contributed by atoms with E-state index in [9.17, 15) is 18.5 Å². The molecule has 178 valence electrons. The number of benzene rings is 1. The van der Waals surface area contributed by atoms with Crippen molar-refractivity contribution in [2.45, 2.75) is 44.4 Å². The molecule has 11 heteroatoms. The summed E-state index contributed by atoms with van der Waals surface area (Å²) in [4.78, 5) is 24.6. The van der Waals surface area contributed by atoms with Gasteiger partial charge in [0.15, 0.2) is 0 Å². The first kappa shape index (κ1) is 23.4. The number of hydrogen-bond donors (Lipinski definition) is 0. The summed E-state index contributed by atoms with van der Waals surface area (Å²) < 4.78 is 27.1. The molecule has 0 aliphatic carbocycles. The molecule has 0 radical (unpaired) electrons. The molecule has 0 amide bonds. The van der Waals surface area contributed by atoms with Gasteiger partial charge in [-0.2, -0.15) is 4.31 Å². The summed E-state index contributed by atoms with van der Waals surface area (Å²) in [5, 5.41) is 11.8. The van der Waals surface area contributed by atoms with Crippen molar-refractivity contribution in [1.82, 2.24) is 14.3 Å². The normalized spacial score (nSPS) is 17.7. The average Bonchev–Trinajstić information content (AvgIpc) is 3.34. The molecule has 1 aromatic carbocycles. The lowest BCUT2D eigenvalue weighted by Crippen LogP contribution is -2.47. The summed E-state index contributed by atoms with van der Waals surface area (Å²) in [5.74, 6) is 1.90. The Morgan fingerprint density at radius 1 is 0.970 bits per heavy atom. The van der Waals surface area contributed by atoms with Gasteiger partial charge in [0.2, 0.25) is 10.0 Å². The van der Waals surface area contributed by atoms with E-state index in [1.807, 2.05) is 17.9 Å². The predicted octanol–water partition coefficient (Wildman–Crippen LogP) is 2.93. The molecule has 10 nitrogen and oxygen atoms in total. The van der Waals surface area contributed by atoms with E-state index in [-0.39, 0.29) is 16.5 Å². The van der Waals surface area contributed by atoms with Gasteiger partial charge in [-0.3, -0.25) is 10.1 Å². The molecule has 2 aromatic rings. The van der Waals surface area contributed by atoms with Gasteiger partial charge in [0.05, 0.1) is 9.82 Å². The zero-order chi connectivity index (χ0) is 23.8. The standard InChI is InChI=1S/C22H30N6O4S/c1-16(2)22-23-17(3)14-21(24-22)26-12-10-25(11-13-26)19-7-6-18(15-20(19)28(29)30)33(31,32)27-8-4-5-9-27/h6-7,14-16H,4-5,8-13H2,1-3H3. The zero-order valence-electron chi connectivity index (χ0n) is 19.3. The van der Waals surface area contributed by atoms with Crippen molar-refractivity contribution in [3.8, 4) is 0 Å². The number of hydrogen-bond acceptors (Lipinski definition) is 8. The van der Waals surface area contributed by atoms with Gasteiger partial charge in [-0.1, -0.05) is 13.8 Å². The van der Waals surface area contributed by atoms with Crippen molar-refractivity contribution >= 4 is 27.2 Å². The van der Waals surface area contributed by atoms with Gasteiger partial charge in [0.1, 0.15) is 17.3 Å². The summed E-state index contributed by atoms with van der Waals surface area (Å²) in [5.41, 5.74) is 1.18. The molecule has 4 rings (SSSR count). The maximum Gasteiger partial charge on any atom is 0.293 e. The maximum atomic E-state index is 12.9. The number of nitrogens with zero attached hydrogens (tertiary/aromatic N) is 6. The van der Waals surface area contributed by atoms with Crippen LogP contribution in [0.4, 0.5) is 17.2 Å². The maximum absolute atomic E-state index is 12.9. The van der Waals surface area contributed by atoms with E-state index in [0.717, 1.165) is 30.2 Å². The van der Waals surface area contributed by atoms with E-state index >= 15 is 0 Å². The predicted molar refractivity (Wildman–Crippen MR) is 126 cm³/mol. The number of rotatable bonds is 6. The molecule has 3 heterocycles. The van der Waals surface area contributed by atoms with Crippen LogP contribution in [0.1, 0.15) is 44.1 Å². The third-order valence-corrected chi connectivity index (χ3v) is 8.06. The van der Waals surface area contributed by atoms with Gasteiger partial charge in [-0.25, -0.2) is 18.4 Å². The highest BCUT2D eigenvalue weighted by atomic mass is 32.2. The van der Waals surface area contributed by atoms with Crippen LogP contribution in [0.15, 0.2) is 29.2 Å². The Hall–Kier alpha value is -2.79. The van der Waals surface area contributed by atoms with Crippen LogP contribution in [0.3, 0.4) is 0 Å². The molecule has 0 saturated carbocycles. The molecule has 0 unspecified atom stereocenters. The summed E-state index contributed by atoms with van der Waals surface area (Å²) in [6, 6.07) is 6.23. The number of aryl methyl sites for hydroxylation is 1. The van der Waals surface area contributed by atoms with Crippen LogP contribution < -0.4 is 9.80 Å². The van der Waals surface area contributed by atoms with Crippen molar-refractivity contribution in [3.05, 3.63) is 45.9 Å². The second-order valence-electron chi connectivity index (χ2n) is 8.87. The molecule has 0 atom stereocenters. The Bertz CT molecular complexity index is 1140. The van der Waals surface area contributed by atoms with Crippen molar-refractivity contribution in [3.63, 3.8) is 0 Å². The summed E-state index contributed by atoms with van der Waals surface area (Å²) in [6.45, 7) is 9.43. The first-order valence-electron chi connectivity index (χ1n) is 11.3. The van der Waals surface area contributed by atoms with Gasteiger partial charge < -0.3 is 9.80 Å². The minimum atomic E-state index is -3.71. The first-order chi connectivity index (χ1) is 15.7. The smallest absolute Gasteiger partial charge is 0.293 e. The Kier molecular flexibility index (Phi) is 6.53. The number of nitro benzene ring substituents is 1. The Morgan fingerprint density at radius 2 is 1.61 bits per heavy atom. The lowest BCUT2D eigenvalue weighted by molar-refractivity contribution is -0.384. The molecule has 2 saturated heterocycles. The van der Waals surface area contributed by atoms with Crippen LogP contribution in [-0.4, -0.2) is 66.9 Å². The van der Waals surface area contributed by atoms with E-state index < -0.39 is 14.9 Å². The molecule has 0 bridgehead atoms. The third-order valence-electron chi connectivity index (χ3n) is 6.17. The van der Waals surface area contributed by atoms with E-state index in [2.05, 4.69) is 23.7 Å². The van der Waals surface area contributed by atoms with E-state index in [1.54, 1.807) is 6.07 Å². The topological polar surface area (TPSA) is 113 Å². The first-order valence-corrected chi connectivity index (χ1v) is 12.7. The lowest BCUT2D eigenvalue weighted by Gasteiger charge is -2.36. The highest BCUT2D eigenvalue weighted by Gasteiger charge is 2.31. The summed E-state index contributed by atoms with van der Waals surface area (Å²) >= 11 is 0. The summed E-state index contributed by atoms with van der Waals surface area (Å²) in [6.07, 6.45) is 1.63. The molecule has 33 heavy (non-hydrogen) atoms. The van der Waals surface area contributed by atoms with Crippen LogP contribution in [0.2, 0.25) is 0 Å². The molecule has 0 N–H and O–H groups in total. The van der Waals surface area contributed by atoms with Crippen LogP contribution in [0.25, 0.3) is 0 Å². The zero-order valence-corrected chi connectivity index (χ0v) is 20.1. The lowest BCUT2D eigenvalue weighted by atomic mass is 10.2. The molecule has 2 aliphatic heterocycles. The fourth-order valence-corrected chi connectivity index (χ4v) is 5.86. The quantitative estimate of drug-likeness (QED) is 0.464. The minimum absolute atomic E-state index is 0.0174. The van der Waals surface area contributed by atoms with E-state index in [0.29, 0.717) is 45.0 Å². The van der Waals surface area contributed by atoms with Gasteiger partial charge in [-0.05, 0) is 31.9 Å². The van der Waals surface area contributed by atoms with Gasteiger partial charge in [0.25, 0.3) is 5.69 Å². The highest BCUT2D eigenvalue weighted by molar-refractivity contribution is 7.89. The molecule has 0 spiro atoms. The second kappa shape index (κ2) is 9.22. The van der Waals surface area contributed by atoms with Crippen LogP contribution >= 0.6 is 0 Å². The number of piperazine rings is 1. The minimum Gasteiger partial charge on any atom is -0.362 e. The van der Waals surface area contributed by atoms with Crippen LogP contribution in [0.5, 0.6) is 0 Å². The molecule has 1 aromatic heterocycles. The molecular weight excluding hydrogens is 444 g/mol. The molecule has 2 aliphatic rings. The largest absolute Gasteiger partial charge is 0.362 e. The Labute approximate surface area is 194 Å². The van der Waals surface area contributed by atoms with Crippen molar-refractivity contribution in [2.75, 3.05) is 49.1 Å². The van der Waals surface area contributed by atoms with Crippen LogP contribution in [-0.2, 0) is 10.0 Å². The van der Waals surface area contributed by atoms with Gasteiger partial charge >= 0.3 is 0 Å². The van der Waals surface area contributed by atoms with E-state index in [4.69, 9.17) is 4.98 Å². The fraction of sp³-hybridized carbons (Fsp3) is 0.545. The molecular formula is C22H30N6O4S. The van der Waals surface area contributed by atoms with E-state index in [1.165, 1.54) is 16.4 Å². The SMILES string of the molecule is Cc1cc(N2CCN(c3ccc(S(=O)(=O)N4CCCC4)cc3[N+](=O)[O-])CC2)nc(C(C)C)n1. The number of nitro groups is 1. The second-order valence-corrected chi connectivity index (χ2v) is 10.8. The van der Waals surface area contributed by atoms with Crippen LogP contribution in [0, 0.1) is 17.0 Å².